The van der Waals surface area contributed by atoms with Crippen molar-refractivity contribution < 1.29 is 8.78 Å². The molecule has 2 rings (SSSR count). The first-order valence-electron chi connectivity index (χ1n) is 6.66. The van der Waals surface area contributed by atoms with Crippen molar-refractivity contribution in [3.63, 3.8) is 0 Å². The molecule has 1 nitrogen and oxygen atoms in total. The van der Waals surface area contributed by atoms with E-state index in [2.05, 4.69) is 5.32 Å². The fraction of sp³-hybridized carbons (Fsp3) is 0.250. The Kier molecular flexibility index (Phi) is 5.57. The maximum absolute atomic E-state index is 13.7. The largest absolute Gasteiger partial charge is 0.306 e. The number of nitrogens with one attached hydrogen (secondary N) is 1. The minimum atomic E-state index is -0.509. The summed E-state index contributed by atoms with van der Waals surface area (Å²) in [7, 11) is 0. The van der Waals surface area contributed by atoms with E-state index in [1.165, 1.54) is 30.3 Å². The van der Waals surface area contributed by atoms with Crippen LogP contribution >= 0.6 is 23.2 Å². The predicted octanol–water partition coefficient (Wildman–Crippen LogP) is 5.36. The molecule has 0 fully saturated rings. The summed E-state index contributed by atoms with van der Waals surface area (Å²) >= 11 is 11.9. The predicted molar refractivity (Wildman–Crippen MR) is 83.0 cm³/mol. The molecular weight excluding hydrogens is 315 g/mol. The molecule has 0 aliphatic carbocycles. The molecule has 21 heavy (non-hydrogen) atoms. The third-order valence-electron chi connectivity index (χ3n) is 3.14. The highest BCUT2D eigenvalue weighted by molar-refractivity contribution is 6.31. The van der Waals surface area contributed by atoms with E-state index >= 15 is 0 Å². The van der Waals surface area contributed by atoms with Gasteiger partial charge in [-0.3, -0.25) is 0 Å². The van der Waals surface area contributed by atoms with Crippen LogP contribution in [0.2, 0.25) is 10.0 Å². The van der Waals surface area contributed by atoms with Crippen LogP contribution in [-0.2, 0) is 0 Å². The van der Waals surface area contributed by atoms with Crippen LogP contribution in [0.5, 0.6) is 0 Å². The standard InChI is InChI=1S/C16H15Cl2F2N/c1-2-7-21-16(10-3-5-14(18)15(20)8-10)12-9-11(19)4-6-13(12)17/h3-6,8-9,16,21H,2,7H2,1H3. The minimum absolute atomic E-state index is 0.0540. The van der Waals surface area contributed by atoms with Crippen LogP contribution in [0, 0.1) is 11.6 Å². The molecule has 0 bridgehead atoms. The Morgan fingerprint density at radius 1 is 1.05 bits per heavy atom. The Morgan fingerprint density at radius 2 is 1.76 bits per heavy atom. The maximum atomic E-state index is 13.7. The van der Waals surface area contributed by atoms with E-state index in [0.717, 1.165) is 6.42 Å². The molecule has 0 radical (unpaired) electrons. The maximum Gasteiger partial charge on any atom is 0.142 e. The number of hydrogen-bond donors (Lipinski definition) is 1. The summed E-state index contributed by atoms with van der Waals surface area (Å²) in [6.07, 6.45) is 0.888. The van der Waals surface area contributed by atoms with Crippen LogP contribution in [0.3, 0.4) is 0 Å². The monoisotopic (exact) mass is 329 g/mol. The van der Waals surface area contributed by atoms with E-state index < -0.39 is 5.82 Å². The number of hydrogen-bond acceptors (Lipinski definition) is 1. The van der Waals surface area contributed by atoms with Crippen LogP contribution in [-0.4, -0.2) is 6.54 Å². The summed E-state index contributed by atoms with van der Waals surface area (Å²) < 4.78 is 27.2. The molecule has 1 N–H and O–H groups in total. The second-order valence-corrected chi connectivity index (χ2v) is 5.54. The van der Waals surface area contributed by atoms with Crippen molar-refractivity contribution in [3.05, 3.63) is 69.2 Å². The van der Waals surface area contributed by atoms with Crippen molar-refractivity contribution in [3.8, 4) is 0 Å². The molecule has 0 aliphatic heterocycles. The lowest BCUT2D eigenvalue weighted by atomic mass is 9.98. The summed E-state index contributed by atoms with van der Waals surface area (Å²) in [6, 6.07) is 8.31. The smallest absolute Gasteiger partial charge is 0.142 e. The topological polar surface area (TPSA) is 12.0 Å². The summed E-state index contributed by atoms with van der Waals surface area (Å²) in [5.41, 5.74) is 1.23. The lowest BCUT2D eigenvalue weighted by Gasteiger charge is -2.21. The lowest BCUT2D eigenvalue weighted by molar-refractivity contribution is 0.577. The zero-order chi connectivity index (χ0) is 15.4. The average Bonchev–Trinajstić information content (AvgIpc) is 2.46. The summed E-state index contributed by atoms with van der Waals surface area (Å²) in [4.78, 5) is 0. The molecule has 0 amide bonds. The second kappa shape index (κ2) is 7.21. The second-order valence-electron chi connectivity index (χ2n) is 4.73. The third kappa shape index (κ3) is 3.94. The van der Waals surface area contributed by atoms with Crippen molar-refractivity contribution in [2.24, 2.45) is 0 Å². The van der Waals surface area contributed by atoms with Crippen molar-refractivity contribution in [2.45, 2.75) is 19.4 Å². The van der Waals surface area contributed by atoms with Gasteiger partial charge in [-0.1, -0.05) is 36.2 Å². The first kappa shape index (κ1) is 16.2. The first-order chi connectivity index (χ1) is 10.0. The van der Waals surface area contributed by atoms with E-state index in [-0.39, 0.29) is 16.9 Å². The molecule has 2 aromatic rings. The van der Waals surface area contributed by atoms with Gasteiger partial charge in [-0.25, -0.2) is 8.78 Å². The van der Waals surface area contributed by atoms with Gasteiger partial charge in [0.1, 0.15) is 11.6 Å². The molecule has 112 valence electrons. The van der Waals surface area contributed by atoms with Crippen LogP contribution < -0.4 is 5.32 Å². The van der Waals surface area contributed by atoms with E-state index in [9.17, 15) is 8.78 Å². The van der Waals surface area contributed by atoms with Gasteiger partial charge in [-0.05, 0) is 54.4 Å². The number of halogens is 4. The highest BCUT2D eigenvalue weighted by Gasteiger charge is 2.18. The van der Waals surface area contributed by atoms with Gasteiger partial charge in [0.2, 0.25) is 0 Å². The Balaban J connectivity index is 2.46. The van der Waals surface area contributed by atoms with Gasteiger partial charge < -0.3 is 5.32 Å². The van der Waals surface area contributed by atoms with E-state index in [4.69, 9.17) is 23.2 Å². The van der Waals surface area contributed by atoms with Crippen LogP contribution in [0.1, 0.15) is 30.5 Å². The van der Waals surface area contributed by atoms with Gasteiger partial charge in [0.15, 0.2) is 0 Å². The van der Waals surface area contributed by atoms with Crippen molar-refractivity contribution in [1.29, 1.82) is 0 Å². The first-order valence-corrected chi connectivity index (χ1v) is 7.41. The van der Waals surface area contributed by atoms with Gasteiger partial charge in [-0.15, -0.1) is 0 Å². The summed E-state index contributed by atoms with van der Waals surface area (Å²) in [5.74, 6) is -0.892. The van der Waals surface area contributed by atoms with E-state index in [0.29, 0.717) is 22.7 Å². The van der Waals surface area contributed by atoms with Gasteiger partial charge in [0.05, 0.1) is 11.1 Å². The summed E-state index contributed by atoms with van der Waals surface area (Å²) in [5, 5.41) is 3.74. The molecule has 0 saturated carbocycles. The molecule has 0 aromatic heterocycles. The lowest BCUT2D eigenvalue weighted by Crippen LogP contribution is -2.23. The number of rotatable bonds is 5. The fourth-order valence-electron chi connectivity index (χ4n) is 2.12. The van der Waals surface area contributed by atoms with E-state index in [1.807, 2.05) is 6.92 Å². The van der Waals surface area contributed by atoms with Crippen molar-refractivity contribution >= 4 is 23.2 Å². The Morgan fingerprint density at radius 3 is 2.43 bits per heavy atom. The van der Waals surface area contributed by atoms with Gasteiger partial charge >= 0.3 is 0 Å². The zero-order valence-corrected chi connectivity index (χ0v) is 13.0. The van der Waals surface area contributed by atoms with Gasteiger partial charge in [-0.2, -0.15) is 0 Å². The van der Waals surface area contributed by atoms with Crippen LogP contribution in [0.25, 0.3) is 0 Å². The molecule has 1 unspecified atom stereocenters. The van der Waals surface area contributed by atoms with Gasteiger partial charge in [0, 0.05) is 5.02 Å². The van der Waals surface area contributed by atoms with E-state index in [1.54, 1.807) is 6.07 Å². The quantitative estimate of drug-likeness (QED) is 0.778. The van der Waals surface area contributed by atoms with Crippen LogP contribution in [0.4, 0.5) is 8.78 Å². The van der Waals surface area contributed by atoms with Crippen molar-refractivity contribution in [1.82, 2.24) is 5.32 Å². The Bertz CT molecular complexity index is 632. The zero-order valence-electron chi connectivity index (χ0n) is 11.5. The van der Waals surface area contributed by atoms with Gasteiger partial charge in [0.25, 0.3) is 0 Å². The Labute approximate surface area is 132 Å². The molecule has 0 heterocycles. The van der Waals surface area contributed by atoms with Crippen LogP contribution in [0.15, 0.2) is 36.4 Å². The highest BCUT2D eigenvalue weighted by Crippen LogP contribution is 2.30. The molecule has 0 spiro atoms. The summed E-state index contributed by atoms with van der Waals surface area (Å²) in [6.45, 7) is 2.71. The third-order valence-corrected chi connectivity index (χ3v) is 3.80. The Hall–Kier alpha value is -1.16. The molecule has 2 aromatic carbocycles. The molecular formula is C16H15Cl2F2N. The highest BCUT2D eigenvalue weighted by atomic mass is 35.5. The van der Waals surface area contributed by atoms with Crippen molar-refractivity contribution in [2.75, 3.05) is 6.54 Å². The normalized spacial score (nSPS) is 12.4. The minimum Gasteiger partial charge on any atom is -0.306 e. The number of benzene rings is 2. The average molecular weight is 330 g/mol. The molecule has 0 saturated heterocycles. The fourth-order valence-corrected chi connectivity index (χ4v) is 2.47. The molecule has 0 aliphatic rings. The SMILES string of the molecule is CCCNC(c1ccc(Cl)c(F)c1)c1cc(F)ccc1Cl. The molecule has 1 atom stereocenters. The molecule has 5 heteroatoms.